The monoisotopic (exact) mass is 375 g/mol. The highest BCUT2D eigenvalue weighted by Crippen LogP contribution is 2.25. The molecule has 0 radical (unpaired) electrons. The number of hydrogen-bond donors (Lipinski definition) is 2. The molecule has 1 amide bonds. The Balaban J connectivity index is 1.79. The minimum absolute atomic E-state index is 0.128. The van der Waals surface area contributed by atoms with Gasteiger partial charge in [-0.2, -0.15) is 10.4 Å². The molecule has 1 aliphatic rings. The van der Waals surface area contributed by atoms with Gasteiger partial charge in [0, 0.05) is 24.9 Å². The highest BCUT2D eigenvalue weighted by Gasteiger charge is 2.22. The van der Waals surface area contributed by atoms with Gasteiger partial charge in [-0.15, -0.1) is 0 Å². The van der Waals surface area contributed by atoms with E-state index in [0.717, 1.165) is 6.26 Å². The molecule has 2 aromatic rings. The molecule has 0 aliphatic carbocycles. The number of hydrogen-bond acceptors (Lipinski definition) is 7. The lowest BCUT2D eigenvalue weighted by Gasteiger charge is -2.26. The minimum Gasteiger partial charge on any atom is -0.378 e. The molecule has 26 heavy (non-hydrogen) atoms. The normalized spacial score (nSPS) is 14.7. The van der Waals surface area contributed by atoms with Crippen LogP contribution in [0.25, 0.3) is 0 Å². The molecule has 0 atom stereocenters. The zero-order valence-electron chi connectivity index (χ0n) is 14.0. The SMILES string of the molecule is CS(=O)(=O)c1ccc(C(=O)Nc2[nH]nc(N3CCOCC3)c2C#N)cc1. The number of aromatic amines is 1. The molecular weight excluding hydrogens is 358 g/mol. The summed E-state index contributed by atoms with van der Waals surface area (Å²) in [6, 6.07) is 7.61. The Morgan fingerprint density at radius 3 is 2.54 bits per heavy atom. The van der Waals surface area contributed by atoms with E-state index in [4.69, 9.17) is 4.74 Å². The highest BCUT2D eigenvalue weighted by atomic mass is 32.2. The summed E-state index contributed by atoms with van der Waals surface area (Å²) in [7, 11) is -3.33. The molecule has 0 unspecified atom stereocenters. The van der Waals surface area contributed by atoms with E-state index in [1.807, 2.05) is 4.90 Å². The molecule has 1 fully saturated rings. The van der Waals surface area contributed by atoms with E-state index < -0.39 is 15.7 Å². The lowest BCUT2D eigenvalue weighted by atomic mass is 10.2. The van der Waals surface area contributed by atoms with Crippen molar-refractivity contribution in [2.75, 3.05) is 42.8 Å². The van der Waals surface area contributed by atoms with E-state index in [2.05, 4.69) is 21.6 Å². The Hall–Kier alpha value is -2.90. The van der Waals surface area contributed by atoms with Gasteiger partial charge in [-0.3, -0.25) is 9.89 Å². The molecule has 2 heterocycles. The average molecular weight is 375 g/mol. The van der Waals surface area contributed by atoms with E-state index in [-0.39, 0.29) is 21.8 Å². The summed E-state index contributed by atoms with van der Waals surface area (Å²) >= 11 is 0. The third kappa shape index (κ3) is 3.68. The number of rotatable bonds is 4. The fraction of sp³-hybridized carbons (Fsp3) is 0.312. The summed E-state index contributed by atoms with van der Waals surface area (Å²) in [5.74, 6) is 0.198. The van der Waals surface area contributed by atoms with Gasteiger partial charge in [-0.1, -0.05) is 0 Å². The fourth-order valence-corrected chi connectivity index (χ4v) is 3.20. The van der Waals surface area contributed by atoms with Gasteiger partial charge < -0.3 is 15.0 Å². The molecule has 1 aromatic carbocycles. The molecule has 0 saturated carbocycles. The first-order chi connectivity index (χ1) is 12.4. The largest absolute Gasteiger partial charge is 0.378 e. The van der Waals surface area contributed by atoms with Crippen molar-refractivity contribution in [1.29, 1.82) is 5.26 Å². The molecule has 2 N–H and O–H groups in total. The number of sulfone groups is 1. The van der Waals surface area contributed by atoms with Crippen molar-refractivity contribution in [3.05, 3.63) is 35.4 Å². The van der Waals surface area contributed by atoms with Crippen LogP contribution in [0.4, 0.5) is 11.6 Å². The maximum Gasteiger partial charge on any atom is 0.256 e. The van der Waals surface area contributed by atoms with Crippen LogP contribution >= 0.6 is 0 Å². The summed E-state index contributed by atoms with van der Waals surface area (Å²) < 4.78 is 28.2. The van der Waals surface area contributed by atoms with Gasteiger partial charge in [0.05, 0.1) is 18.1 Å². The standard InChI is InChI=1S/C16H17N5O4S/c1-26(23,24)12-4-2-11(3-5-12)16(22)18-14-13(10-17)15(20-19-14)21-6-8-25-9-7-21/h2-5H,6-9H2,1H3,(H2,18,19,20,22). The Morgan fingerprint density at radius 2 is 1.96 bits per heavy atom. The van der Waals surface area contributed by atoms with Gasteiger partial charge in [0.1, 0.15) is 17.5 Å². The van der Waals surface area contributed by atoms with Crippen LogP contribution in [0.2, 0.25) is 0 Å². The first kappa shape index (κ1) is 17.9. The maximum atomic E-state index is 12.4. The number of aromatic nitrogens is 2. The Bertz CT molecular complexity index is 954. The van der Waals surface area contributed by atoms with Crippen molar-refractivity contribution in [3.63, 3.8) is 0 Å². The summed E-state index contributed by atoms with van der Waals surface area (Å²) in [6.07, 6.45) is 1.10. The van der Waals surface area contributed by atoms with Crippen molar-refractivity contribution < 1.29 is 17.9 Å². The van der Waals surface area contributed by atoms with E-state index in [9.17, 15) is 18.5 Å². The molecule has 1 saturated heterocycles. The molecule has 9 nitrogen and oxygen atoms in total. The zero-order valence-corrected chi connectivity index (χ0v) is 14.8. The van der Waals surface area contributed by atoms with Crippen LogP contribution in [0.1, 0.15) is 15.9 Å². The molecule has 3 rings (SSSR count). The number of benzene rings is 1. The molecule has 10 heteroatoms. The van der Waals surface area contributed by atoms with Gasteiger partial charge in [0.15, 0.2) is 15.7 Å². The lowest BCUT2D eigenvalue weighted by molar-refractivity contribution is 0.102. The molecule has 1 aliphatic heterocycles. The summed E-state index contributed by atoms with van der Waals surface area (Å²) in [5.41, 5.74) is 0.511. The minimum atomic E-state index is -3.33. The number of morpholine rings is 1. The summed E-state index contributed by atoms with van der Waals surface area (Å²) in [4.78, 5) is 14.4. The number of carbonyl (C=O) groups is 1. The third-order valence-corrected chi connectivity index (χ3v) is 5.08. The maximum absolute atomic E-state index is 12.4. The number of carbonyl (C=O) groups excluding carboxylic acids is 1. The third-order valence-electron chi connectivity index (χ3n) is 3.95. The number of ether oxygens (including phenoxy) is 1. The molecule has 136 valence electrons. The van der Waals surface area contributed by atoms with Gasteiger partial charge in [0.2, 0.25) is 0 Å². The van der Waals surface area contributed by atoms with Crippen LogP contribution in [0.15, 0.2) is 29.2 Å². The van der Waals surface area contributed by atoms with Crippen LogP contribution in [0, 0.1) is 11.3 Å². The van der Waals surface area contributed by atoms with Gasteiger partial charge in [-0.05, 0) is 24.3 Å². The highest BCUT2D eigenvalue weighted by molar-refractivity contribution is 7.90. The van der Waals surface area contributed by atoms with Crippen molar-refractivity contribution >= 4 is 27.4 Å². The summed E-state index contributed by atoms with van der Waals surface area (Å²) in [5, 5.41) is 18.9. The molecule has 1 aromatic heterocycles. The summed E-state index contributed by atoms with van der Waals surface area (Å²) in [6.45, 7) is 2.32. The quantitative estimate of drug-likeness (QED) is 0.808. The first-order valence-corrected chi connectivity index (χ1v) is 9.72. The van der Waals surface area contributed by atoms with Gasteiger partial charge in [0.25, 0.3) is 5.91 Å². The predicted octanol–water partition coefficient (Wildman–Crippen LogP) is 0.774. The van der Waals surface area contributed by atoms with Crippen molar-refractivity contribution in [2.24, 2.45) is 0 Å². The van der Waals surface area contributed by atoms with E-state index in [1.165, 1.54) is 24.3 Å². The number of H-pyrrole nitrogens is 1. The second kappa shape index (κ2) is 7.15. The van der Waals surface area contributed by atoms with Crippen LogP contribution in [-0.2, 0) is 14.6 Å². The van der Waals surface area contributed by atoms with Crippen LogP contribution < -0.4 is 10.2 Å². The topological polar surface area (TPSA) is 128 Å². The van der Waals surface area contributed by atoms with E-state index in [0.29, 0.717) is 32.1 Å². The fourth-order valence-electron chi connectivity index (χ4n) is 2.57. The Labute approximate surface area is 150 Å². The first-order valence-electron chi connectivity index (χ1n) is 7.83. The van der Waals surface area contributed by atoms with Crippen LogP contribution in [0.3, 0.4) is 0 Å². The molecular formula is C16H17N5O4S. The van der Waals surface area contributed by atoms with E-state index in [1.54, 1.807) is 0 Å². The van der Waals surface area contributed by atoms with Gasteiger partial charge >= 0.3 is 0 Å². The average Bonchev–Trinajstić information content (AvgIpc) is 3.04. The van der Waals surface area contributed by atoms with Gasteiger partial charge in [-0.25, -0.2) is 8.42 Å². The lowest BCUT2D eigenvalue weighted by Crippen LogP contribution is -2.36. The Morgan fingerprint density at radius 1 is 1.31 bits per heavy atom. The number of anilines is 2. The number of nitriles is 1. The van der Waals surface area contributed by atoms with Crippen molar-refractivity contribution in [3.8, 4) is 6.07 Å². The van der Waals surface area contributed by atoms with Crippen molar-refractivity contribution in [1.82, 2.24) is 10.2 Å². The predicted molar refractivity (Wildman–Crippen MR) is 93.8 cm³/mol. The second-order valence-corrected chi connectivity index (χ2v) is 7.77. The zero-order chi connectivity index (χ0) is 18.7. The number of amides is 1. The van der Waals surface area contributed by atoms with E-state index >= 15 is 0 Å². The Kier molecular flexibility index (Phi) is 4.92. The smallest absolute Gasteiger partial charge is 0.256 e. The number of nitrogens with one attached hydrogen (secondary N) is 2. The number of nitrogens with zero attached hydrogens (tertiary/aromatic N) is 3. The molecule has 0 spiro atoms. The van der Waals surface area contributed by atoms with Crippen LogP contribution in [-0.4, -0.2) is 57.1 Å². The van der Waals surface area contributed by atoms with Crippen LogP contribution in [0.5, 0.6) is 0 Å². The van der Waals surface area contributed by atoms with Crippen molar-refractivity contribution in [2.45, 2.75) is 4.90 Å². The molecule has 0 bridgehead atoms. The second-order valence-electron chi connectivity index (χ2n) is 5.76.